The van der Waals surface area contributed by atoms with E-state index in [-0.39, 0.29) is 22.9 Å². The maximum absolute atomic E-state index is 9.43. The van der Waals surface area contributed by atoms with E-state index in [1.54, 1.807) is 18.2 Å². The highest BCUT2D eigenvalue weighted by atomic mass is 16.3. The molecule has 0 saturated heterocycles. The van der Waals surface area contributed by atoms with Crippen molar-refractivity contribution in [2.45, 2.75) is 0 Å². The monoisotopic (exact) mass is 218 g/mol. The van der Waals surface area contributed by atoms with Crippen LogP contribution in [0.25, 0.3) is 0 Å². The Morgan fingerprint density at radius 1 is 1.06 bits per heavy atom. The molecule has 5 heteroatoms. The van der Waals surface area contributed by atoms with Gasteiger partial charge >= 0.3 is 0 Å². The molecule has 0 radical (unpaired) electrons. The van der Waals surface area contributed by atoms with Gasteiger partial charge in [-0.3, -0.25) is 4.99 Å². The standard InChI is InChI=1S/C11H10N2O3/c14-9-4-2-1-3-8(9)12-5-7-10(15)6-13-11(7)16/h1-6,13-16H. The molecule has 0 aliphatic heterocycles. The fourth-order valence-corrected chi connectivity index (χ4v) is 1.25. The zero-order valence-electron chi connectivity index (χ0n) is 8.25. The predicted octanol–water partition coefficient (Wildman–Crippen LogP) is 1.88. The molecule has 0 fully saturated rings. The lowest BCUT2D eigenvalue weighted by molar-refractivity contribution is 0.451. The molecule has 82 valence electrons. The number of H-pyrrole nitrogens is 1. The summed E-state index contributed by atoms with van der Waals surface area (Å²) in [6.45, 7) is 0. The summed E-state index contributed by atoms with van der Waals surface area (Å²) in [5.41, 5.74) is 0.547. The third-order valence-electron chi connectivity index (χ3n) is 2.09. The van der Waals surface area contributed by atoms with Crippen LogP contribution >= 0.6 is 0 Å². The summed E-state index contributed by atoms with van der Waals surface area (Å²) in [5, 5.41) is 28.1. The van der Waals surface area contributed by atoms with Gasteiger partial charge in [0.05, 0.1) is 5.56 Å². The van der Waals surface area contributed by atoms with E-state index in [9.17, 15) is 15.3 Å². The minimum absolute atomic E-state index is 0.0354. The molecule has 1 heterocycles. The van der Waals surface area contributed by atoms with Gasteiger partial charge in [-0.1, -0.05) is 12.1 Å². The Hall–Kier alpha value is -2.43. The topological polar surface area (TPSA) is 88.8 Å². The first kappa shape index (κ1) is 10.1. The van der Waals surface area contributed by atoms with Crippen LogP contribution in [0.4, 0.5) is 5.69 Å². The highest BCUT2D eigenvalue weighted by Crippen LogP contribution is 2.27. The Balaban J connectivity index is 2.32. The van der Waals surface area contributed by atoms with E-state index in [1.165, 1.54) is 18.5 Å². The molecule has 1 aromatic carbocycles. The summed E-state index contributed by atoms with van der Waals surface area (Å²) in [6.07, 6.45) is 2.53. The Morgan fingerprint density at radius 2 is 1.81 bits per heavy atom. The minimum atomic E-state index is -0.170. The summed E-state index contributed by atoms with van der Waals surface area (Å²) in [7, 11) is 0. The molecular formula is C11H10N2O3. The average molecular weight is 218 g/mol. The van der Waals surface area contributed by atoms with Crippen molar-refractivity contribution in [2.75, 3.05) is 0 Å². The Bertz CT molecular complexity index is 512. The predicted molar refractivity (Wildman–Crippen MR) is 59.5 cm³/mol. The van der Waals surface area contributed by atoms with Crippen LogP contribution in [0.2, 0.25) is 0 Å². The largest absolute Gasteiger partial charge is 0.506 e. The van der Waals surface area contributed by atoms with Gasteiger partial charge in [0.1, 0.15) is 17.2 Å². The quantitative estimate of drug-likeness (QED) is 0.580. The smallest absolute Gasteiger partial charge is 0.201 e. The SMILES string of the molecule is Oc1ccccc1N=Cc1c(O)c[nH]c1O. The molecule has 0 spiro atoms. The molecule has 0 unspecified atom stereocenters. The van der Waals surface area contributed by atoms with E-state index in [0.29, 0.717) is 5.69 Å². The summed E-state index contributed by atoms with van der Waals surface area (Å²) in [5.74, 6) is -0.235. The van der Waals surface area contributed by atoms with E-state index in [2.05, 4.69) is 9.98 Å². The number of para-hydroxylation sites is 2. The summed E-state index contributed by atoms with van der Waals surface area (Å²) in [4.78, 5) is 6.39. The third-order valence-corrected chi connectivity index (χ3v) is 2.09. The van der Waals surface area contributed by atoms with Gasteiger partial charge in [0.15, 0.2) is 0 Å². The maximum atomic E-state index is 9.43. The number of benzene rings is 1. The molecule has 0 bridgehead atoms. The van der Waals surface area contributed by atoms with Crippen molar-refractivity contribution >= 4 is 11.9 Å². The van der Waals surface area contributed by atoms with Gasteiger partial charge in [-0.05, 0) is 12.1 Å². The van der Waals surface area contributed by atoms with Crippen LogP contribution in [0.5, 0.6) is 17.4 Å². The number of aliphatic imine (C=N–C) groups is 1. The number of phenolic OH excluding ortho intramolecular Hbond substituents is 1. The number of rotatable bonds is 2. The van der Waals surface area contributed by atoms with Crippen LogP contribution in [0, 0.1) is 0 Å². The second-order valence-electron chi connectivity index (χ2n) is 3.18. The van der Waals surface area contributed by atoms with E-state index in [0.717, 1.165) is 0 Å². The van der Waals surface area contributed by atoms with Crippen LogP contribution in [-0.2, 0) is 0 Å². The molecule has 1 aromatic heterocycles. The van der Waals surface area contributed by atoms with Gasteiger partial charge in [0.2, 0.25) is 5.88 Å². The lowest BCUT2D eigenvalue weighted by Gasteiger charge is -1.96. The molecule has 2 rings (SSSR count). The first-order valence-corrected chi connectivity index (χ1v) is 4.60. The molecule has 0 aliphatic rings. The lowest BCUT2D eigenvalue weighted by Crippen LogP contribution is -1.78. The van der Waals surface area contributed by atoms with Gasteiger partial charge in [-0.2, -0.15) is 0 Å². The fourth-order valence-electron chi connectivity index (χ4n) is 1.25. The van der Waals surface area contributed by atoms with E-state index >= 15 is 0 Å². The number of nitrogens with zero attached hydrogens (tertiary/aromatic N) is 1. The first-order valence-electron chi connectivity index (χ1n) is 4.60. The van der Waals surface area contributed by atoms with Crippen molar-refractivity contribution in [3.05, 3.63) is 36.0 Å². The van der Waals surface area contributed by atoms with Gasteiger partial charge < -0.3 is 20.3 Å². The highest BCUT2D eigenvalue weighted by molar-refractivity contribution is 5.88. The summed E-state index contributed by atoms with van der Waals surface area (Å²) in [6, 6.07) is 6.53. The second-order valence-corrected chi connectivity index (χ2v) is 3.18. The number of aromatic amines is 1. The average Bonchev–Trinajstić information content (AvgIpc) is 2.58. The van der Waals surface area contributed by atoms with Crippen LogP contribution in [0.15, 0.2) is 35.5 Å². The molecule has 0 atom stereocenters. The third kappa shape index (κ3) is 1.83. The van der Waals surface area contributed by atoms with Gasteiger partial charge in [0.25, 0.3) is 0 Å². The zero-order valence-corrected chi connectivity index (χ0v) is 8.25. The molecule has 5 nitrogen and oxygen atoms in total. The highest BCUT2D eigenvalue weighted by Gasteiger charge is 2.06. The molecule has 16 heavy (non-hydrogen) atoms. The van der Waals surface area contributed by atoms with Crippen molar-refractivity contribution in [2.24, 2.45) is 4.99 Å². The molecule has 0 amide bonds. The minimum Gasteiger partial charge on any atom is -0.506 e. The maximum Gasteiger partial charge on any atom is 0.201 e. The van der Waals surface area contributed by atoms with Gasteiger partial charge in [-0.25, -0.2) is 0 Å². The van der Waals surface area contributed by atoms with Crippen LogP contribution in [0.1, 0.15) is 5.56 Å². The number of hydrogen-bond donors (Lipinski definition) is 4. The number of hydrogen-bond acceptors (Lipinski definition) is 4. The molecular weight excluding hydrogens is 208 g/mol. The second kappa shape index (κ2) is 3.98. The normalized spacial score (nSPS) is 11.0. The fraction of sp³-hybridized carbons (Fsp3) is 0. The zero-order chi connectivity index (χ0) is 11.5. The molecule has 0 aliphatic carbocycles. The van der Waals surface area contributed by atoms with Crippen LogP contribution < -0.4 is 0 Å². The van der Waals surface area contributed by atoms with Crippen LogP contribution in [0.3, 0.4) is 0 Å². The van der Waals surface area contributed by atoms with Crippen molar-refractivity contribution < 1.29 is 15.3 Å². The van der Waals surface area contributed by atoms with Gasteiger partial charge in [0, 0.05) is 12.4 Å². The van der Waals surface area contributed by atoms with E-state index < -0.39 is 0 Å². The molecule has 4 N–H and O–H groups in total. The van der Waals surface area contributed by atoms with Crippen molar-refractivity contribution in [3.63, 3.8) is 0 Å². The molecule has 0 saturated carbocycles. The Labute approximate surface area is 91.3 Å². The number of aromatic nitrogens is 1. The van der Waals surface area contributed by atoms with E-state index in [4.69, 9.17) is 0 Å². The van der Waals surface area contributed by atoms with Crippen LogP contribution in [-0.4, -0.2) is 26.5 Å². The van der Waals surface area contributed by atoms with Crippen molar-refractivity contribution in [3.8, 4) is 17.4 Å². The Morgan fingerprint density at radius 3 is 2.44 bits per heavy atom. The Kier molecular flexibility index (Phi) is 2.51. The summed E-state index contributed by atoms with van der Waals surface area (Å²) < 4.78 is 0. The number of nitrogens with one attached hydrogen (secondary N) is 1. The van der Waals surface area contributed by atoms with Crippen molar-refractivity contribution in [1.29, 1.82) is 0 Å². The number of aromatic hydroxyl groups is 3. The molecule has 2 aromatic rings. The van der Waals surface area contributed by atoms with Gasteiger partial charge in [-0.15, -0.1) is 0 Å². The first-order chi connectivity index (χ1) is 7.68. The number of phenols is 1. The van der Waals surface area contributed by atoms with Crippen molar-refractivity contribution in [1.82, 2.24) is 4.98 Å². The van der Waals surface area contributed by atoms with E-state index in [1.807, 2.05) is 0 Å². The summed E-state index contributed by atoms with van der Waals surface area (Å²) >= 11 is 0. The lowest BCUT2D eigenvalue weighted by atomic mass is 10.3.